The van der Waals surface area contributed by atoms with Gasteiger partial charge in [-0.2, -0.15) is 0 Å². The van der Waals surface area contributed by atoms with Crippen molar-refractivity contribution in [2.24, 2.45) is 0 Å². The summed E-state index contributed by atoms with van der Waals surface area (Å²) in [6.07, 6.45) is 6.67. The van der Waals surface area contributed by atoms with Crippen molar-refractivity contribution in [3.8, 4) is 23.1 Å². The molecule has 0 atom stereocenters. The number of thiazole rings is 1. The molecule has 0 aliphatic carbocycles. The molecule has 1 fully saturated rings. The fourth-order valence-corrected chi connectivity index (χ4v) is 5.52. The predicted octanol–water partition coefficient (Wildman–Crippen LogP) is 5.63. The largest absolute Gasteiger partial charge is 0.493 e. The molecule has 5 rings (SSSR count). The molecule has 2 N–H and O–H groups in total. The molecule has 0 saturated carbocycles. The summed E-state index contributed by atoms with van der Waals surface area (Å²) in [7, 11) is -2.77. The van der Waals surface area contributed by atoms with Gasteiger partial charge in [-0.1, -0.05) is 24.3 Å². The summed E-state index contributed by atoms with van der Waals surface area (Å²) >= 11 is 1.65. The second-order valence-electron chi connectivity index (χ2n) is 9.31. The van der Waals surface area contributed by atoms with E-state index in [0.717, 1.165) is 41.0 Å². The van der Waals surface area contributed by atoms with E-state index in [-0.39, 0.29) is 12.5 Å². The zero-order valence-corrected chi connectivity index (χ0v) is 23.8. The monoisotopic (exact) mass is 582 g/mol. The molecule has 3 heterocycles. The highest BCUT2D eigenvalue weighted by Gasteiger charge is 2.16. The summed E-state index contributed by atoms with van der Waals surface area (Å²) in [5, 5.41) is 7.56. The van der Waals surface area contributed by atoms with Crippen LogP contribution in [0.25, 0.3) is 11.8 Å². The van der Waals surface area contributed by atoms with Gasteiger partial charge in [-0.3, -0.25) is 4.57 Å². The lowest BCUT2D eigenvalue weighted by Crippen LogP contribution is -2.29. The standard InChI is InChI=1S/C28H31N4O6PS/c1-36-26-16-21(10-11-25(26)37-19-23-20-40-28(29-23)31-13-6-3-7-14-31)18-38-27-22(12-15-39(33,34)35)17-32(30-27)24-8-4-2-5-9-24/h2,4-5,8-12,15-17,20H,3,6-7,13-14,18-19H2,1H3,(H2,33,34,35). The van der Waals surface area contributed by atoms with E-state index in [2.05, 4.69) is 10.00 Å². The van der Waals surface area contributed by atoms with Crippen molar-refractivity contribution < 1.29 is 28.6 Å². The van der Waals surface area contributed by atoms with Crippen LogP contribution in [0.1, 0.15) is 36.1 Å². The van der Waals surface area contributed by atoms with Crippen molar-refractivity contribution in [2.45, 2.75) is 32.5 Å². The van der Waals surface area contributed by atoms with Crippen LogP contribution >= 0.6 is 18.9 Å². The second-order valence-corrected chi connectivity index (χ2v) is 11.6. The Hall–Kier alpha value is -3.63. The smallest absolute Gasteiger partial charge is 0.349 e. The SMILES string of the molecule is COc1cc(COc2nn(-c3ccccc3)cc2C=CP(=O)(O)O)ccc1OCc1csc(N2CCCCC2)n1. The summed E-state index contributed by atoms with van der Waals surface area (Å²) < 4.78 is 30.6. The average Bonchev–Trinajstić information content (AvgIpc) is 3.62. The summed E-state index contributed by atoms with van der Waals surface area (Å²) in [6.45, 7) is 2.60. The molecule has 12 heteroatoms. The van der Waals surface area contributed by atoms with Crippen molar-refractivity contribution in [1.82, 2.24) is 14.8 Å². The lowest BCUT2D eigenvalue weighted by Gasteiger charge is -2.25. The maximum Gasteiger partial charge on any atom is 0.349 e. The van der Waals surface area contributed by atoms with Crippen molar-refractivity contribution in [3.05, 3.63) is 82.7 Å². The second kappa shape index (κ2) is 12.7. The average molecular weight is 583 g/mol. The number of benzene rings is 2. The number of ether oxygens (including phenoxy) is 3. The molecular weight excluding hydrogens is 551 g/mol. The molecule has 2 aromatic heterocycles. The lowest BCUT2D eigenvalue weighted by atomic mass is 10.1. The molecular formula is C28H31N4O6PS. The van der Waals surface area contributed by atoms with E-state index in [1.165, 1.54) is 25.3 Å². The van der Waals surface area contributed by atoms with Crippen LogP contribution < -0.4 is 19.1 Å². The maximum atomic E-state index is 11.4. The first-order valence-electron chi connectivity index (χ1n) is 12.9. The van der Waals surface area contributed by atoms with Gasteiger partial charge in [0.2, 0.25) is 5.88 Å². The molecule has 0 unspecified atom stereocenters. The highest BCUT2D eigenvalue weighted by atomic mass is 32.1. The van der Waals surface area contributed by atoms with Crippen LogP contribution in [0.15, 0.2) is 65.9 Å². The Kier molecular flexibility index (Phi) is 8.86. The number of piperidine rings is 1. The minimum atomic E-state index is -4.35. The van der Waals surface area contributed by atoms with Gasteiger partial charge in [0.15, 0.2) is 16.6 Å². The molecule has 4 aromatic rings. The van der Waals surface area contributed by atoms with Gasteiger partial charge in [0.05, 0.1) is 24.1 Å². The number of hydrogen-bond donors (Lipinski definition) is 2. The van der Waals surface area contributed by atoms with E-state index in [4.69, 9.17) is 19.2 Å². The van der Waals surface area contributed by atoms with Crippen molar-refractivity contribution >= 4 is 30.1 Å². The van der Waals surface area contributed by atoms with E-state index in [9.17, 15) is 14.4 Å². The number of rotatable bonds is 11. The van der Waals surface area contributed by atoms with E-state index in [1.807, 2.05) is 53.9 Å². The van der Waals surface area contributed by atoms with Crippen LogP contribution in [0, 0.1) is 0 Å². The third-order valence-electron chi connectivity index (χ3n) is 6.32. The summed E-state index contributed by atoms with van der Waals surface area (Å²) in [6, 6.07) is 14.9. The molecule has 210 valence electrons. The van der Waals surface area contributed by atoms with Crippen LogP contribution in [0.2, 0.25) is 0 Å². The normalized spacial score (nSPS) is 14.0. The van der Waals surface area contributed by atoms with Crippen LogP contribution in [-0.2, 0) is 17.8 Å². The molecule has 1 aliphatic rings. The first-order chi connectivity index (χ1) is 19.4. The zero-order valence-electron chi connectivity index (χ0n) is 22.0. The first kappa shape index (κ1) is 27.9. The Morgan fingerprint density at radius 1 is 1.02 bits per heavy atom. The molecule has 1 aliphatic heterocycles. The van der Waals surface area contributed by atoms with Crippen molar-refractivity contribution in [3.63, 3.8) is 0 Å². The molecule has 0 spiro atoms. The molecule has 0 amide bonds. The van der Waals surface area contributed by atoms with Gasteiger partial charge in [-0.25, -0.2) is 9.67 Å². The molecule has 10 nitrogen and oxygen atoms in total. The van der Waals surface area contributed by atoms with E-state index in [0.29, 0.717) is 23.7 Å². The van der Waals surface area contributed by atoms with E-state index >= 15 is 0 Å². The van der Waals surface area contributed by atoms with Crippen molar-refractivity contribution in [1.29, 1.82) is 0 Å². The summed E-state index contributed by atoms with van der Waals surface area (Å²) in [5.41, 5.74) is 2.91. The number of hydrogen-bond acceptors (Lipinski definition) is 8. The predicted molar refractivity (Wildman–Crippen MR) is 154 cm³/mol. The maximum absolute atomic E-state index is 11.4. The number of aromatic nitrogens is 3. The van der Waals surface area contributed by atoms with Gasteiger partial charge in [-0.05, 0) is 55.2 Å². The van der Waals surface area contributed by atoms with E-state index in [1.54, 1.807) is 29.3 Å². The Morgan fingerprint density at radius 2 is 1.82 bits per heavy atom. The third-order valence-corrected chi connectivity index (χ3v) is 7.81. The number of anilines is 1. The van der Waals surface area contributed by atoms with Crippen molar-refractivity contribution in [2.75, 3.05) is 25.1 Å². The van der Waals surface area contributed by atoms with Crippen LogP contribution in [0.4, 0.5) is 5.13 Å². The van der Waals surface area contributed by atoms with Crippen LogP contribution in [-0.4, -0.2) is 44.8 Å². The Morgan fingerprint density at radius 3 is 2.58 bits per heavy atom. The van der Waals surface area contributed by atoms with Gasteiger partial charge >= 0.3 is 7.60 Å². The minimum Gasteiger partial charge on any atom is -0.493 e. The minimum absolute atomic E-state index is 0.157. The molecule has 40 heavy (non-hydrogen) atoms. The molecule has 0 bridgehead atoms. The fraction of sp³-hybridized carbons (Fsp3) is 0.286. The molecule has 0 radical (unpaired) electrons. The number of methoxy groups -OCH3 is 1. The van der Waals surface area contributed by atoms with Gasteiger partial charge in [-0.15, -0.1) is 16.4 Å². The number of para-hydroxylation sites is 1. The highest BCUT2D eigenvalue weighted by molar-refractivity contribution is 7.55. The fourth-order valence-electron chi connectivity index (χ4n) is 4.31. The Labute approximate surface area is 236 Å². The third kappa shape index (κ3) is 7.31. The van der Waals surface area contributed by atoms with Gasteiger partial charge in [0.25, 0.3) is 0 Å². The quantitative estimate of drug-likeness (QED) is 0.217. The van der Waals surface area contributed by atoms with E-state index < -0.39 is 7.60 Å². The van der Waals surface area contributed by atoms with Crippen LogP contribution in [0.5, 0.6) is 17.4 Å². The summed E-state index contributed by atoms with van der Waals surface area (Å²) in [5.74, 6) is 2.22. The Bertz CT molecular complexity index is 1490. The van der Waals surface area contributed by atoms with Gasteiger partial charge in [0.1, 0.15) is 13.2 Å². The zero-order chi connectivity index (χ0) is 28.0. The first-order valence-corrected chi connectivity index (χ1v) is 15.5. The summed E-state index contributed by atoms with van der Waals surface area (Å²) in [4.78, 5) is 25.7. The Balaban J connectivity index is 1.26. The van der Waals surface area contributed by atoms with Crippen LogP contribution in [0.3, 0.4) is 0 Å². The van der Waals surface area contributed by atoms with Gasteiger partial charge in [0, 0.05) is 30.5 Å². The lowest BCUT2D eigenvalue weighted by molar-refractivity contribution is 0.276. The number of nitrogens with zero attached hydrogens (tertiary/aromatic N) is 4. The molecule has 1 saturated heterocycles. The highest BCUT2D eigenvalue weighted by Crippen LogP contribution is 2.38. The molecule has 2 aromatic carbocycles. The van der Waals surface area contributed by atoms with Gasteiger partial charge < -0.3 is 28.9 Å². The topological polar surface area (TPSA) is 119 Å².